The SMILES string of the molecule is CC(C)CS(=O)(=O)N(C)CC(C)CN. The lowest BCUT2D eigenvalue weighted by molar-refractivity contribution is 0.402. The third-order valence-electron chi connectivity index (χ3n) is 1.99. The minimum Gasteiger partial charge on any atom is -0.330 e. The molecule has 0 saturated heterocycles. The van der Waals surface area contributed by atoms with Crippen LogP contribution in [0.15, 0.2) is 0 Å². The van der Waals surface area contributed by atoms with Gasteiger partial charge in [0.1, 0.15) is 0 Å². The van der Waals surface area contributed by atoms with Crippen LogP contribution in [0.25, 0.3) is 0 Å². The van der Waals surface area contributed by atoms with E-state index in [4.69, 9.17) is 5.73 Å². The quantitative estimate of drug-likeness (QED) is 0.712. The van der Waals surface area contributed by atoms with Crippen LogP contribution < -0.4 is 5.73 Å². The van der Waals surface area contributed by atoms with Crippen molar-refractivity contribution in [2.45, 2.75) is 20.8 Å². The van der Waals surface area contributed by atoms with Crippen molar-refractivity contribution in [1.82, 2.24) is 4.31 Å². The molecule has 0 aromatic rings. The molecule has 0 aliphatic carbocycles. The van der Waals surface area contributed by atoms with E-state index < -0.39 is 10.0 Å². The molecule has 0 heterocycles. The number of hydrogen-bond acceptors (Lipinski definition) is 3. The van der Waals surface area contributed by atoms with Crippen LogP contribution in [0.2, 0.25) is 0 Å². The molecular formula is C9H22N2O2S. The second kappa shape index (κ2) is 5.68. The van der Waals surface area contributed by atoms with Crippen molar-refractivity contribution in [3.63, 3.8) is 0 Å². The van der Waals surface area contributed by atoms with Crippen LogP contribution >= 0.6 is 0 Å². The predicted octanol–water partition coefficient (Wildman–Crippen LogP) is 0.499. The Hall–Kier alpha value is -0.130. The van der Waals surface area contributed by atoms with Crippen molar-refractivity contribution in [3.05, 3.63) is 0 Å². The fourth-order valence-corrected chi connectivity index (χ4v) is 2.75. The van der Waals surface area contributed by atoms with Crippen molar-refractivity contribution >= 4 is 10.0 Å². The van der Waals surface area contributed by atoms with Crippen LogP contribution in [0.5, 0.6) is 0 Å². The smallest absolute Gasteiger partial charge is 0.214 e. The molecule has 5 heteroatoms. The van der Waals surface area contributed by atoms with Crippen LogP contribution in [-0.4, -0.2) is 38.6 Å². The Morgan fingerprint density at radius 2 is 1.79 bits per heavy atom. The zero-order valence-electron chi connectivity index (χ0n) is 9.53. The van der Waals surface area contributed by atoms with Gasteiger partial charge < -0.3 is 5.73 Å². The third kappa shape index (κ3) is 4.93. The Bertz CT molecular complexity index is 250. The van der Waals surface area contributed by atoms with Gasteiger partial charge in [0.25, 0.3) is 0 Å². The molecule has 1 unspecified atom stereocenters. The predicted molar refractivity (Wildman–Crippen MR) is 59.5 cm³/mol. The summed E-state index contributed by atoms with van der Waals surface area (Å²) in [6, 6.07) is 0. The average Bonchev–Trinajstić information content (AvgIpc) is 2.01. The largest absolute Gasteiger partial charge is 0.330 e. The van der Waals surface area contributed by atoms with Gasteiger partial charge in [0.15, 0.2) is 0 Å². The van der Waals surface area contributed by atoms with Crippen molar-refractivity contribution < 1.29 is 8.42 Å². The van der Waals surface area contributed by atoms with Gasteiger partial charge in [0, 0.05) is 13.6 Å². The molecule has 0 saturated carbocycles. The van der Waals surface area contributed by atoms with E-state index in [-0.39, 0.29) is 17.6 Å². The normalized spacial score (nSPS) is 15.1. The Kier molecular flexibility index (Phi) is 5.63. The highest BCUT2D eigenvalue weighted by Gasteiger charge is 2.20. The van der Waals surface area contributed by atoms with E-state index in [1.807, 2.05) is 20.8 Å². The maximum atomic E-state index is 11.7. The van der Waals surface area contributed by atoms with Crippen molar-refractivity contribution in [3.8, 4) is 0 Å². The topological polar surface area (TPSA) is 63.4 Å². The summed E-state index contributed by atoms with van der Waals surface area (Å²) in [7, 11) is -1.47. The van der Waals surface area contributed by atoms with E-state index >= 15 is 0 Å². The fraction of sp³-hybridized carbons (Fsp3) is 1.00. The van der Waals surface area contributed by atoms with E-state index in [2.05, 4.69) is 0 Å². The summed E-state index contributed by atoms with van der Waals surface area (Å²) in [6.45, 7) is 6.77. The van der Waals surface area contributed by atoms with Gasteiger partial charge in [-0.25, -0.2) is 12.7 Å². The standard InChI is InChI=1S/C9H22N2O2S/c1-8(2)7-14(12,13)11(4)6-9(3)5-10/h8-9H,5-7,10H2,1-4H3. The van der Waals surface area contributed by atoms with Crippen LogP contribution in [0.3, 0.4) is 0 Å². The van der Waals surface area contributed by atoms with Gasteiger partial charge >= 0.3 is 0 Å². The first-order valence-electron chi connectivity index (χ1n) is 4.93. The van der Waals surface area contributed by atoms with Crippen molar-refractivity contribution in [2.24, 2.45) is 17.6 Å². The maximum absolute atomic E-state index is 11.7. The van der Waals surface area contributed by atoms with Crippen molar-refractivity contribution in [1.29, 1.82) is 0 Å². The highest BCUT2D eigenvalue weighted by Crippen LogP contribution is 2.07. The van der Waals surface area contributed by atoms with Gasteiger partial charge in [-0.05, 0) is 18.4 Å². The van der Waals surface area contributed by atoms with Gasteiger partial charge in [-0.15, -0.1) is 0 Å². The van der Waals surface area contributed by atoms with Gasteiger partial charge in [-0.2, -0.15) is 0 Å². The monoisotopic (exact) mass is 222 g/mol. The summed E-state index contributed by atoms with van der Waals surface area (Å²) in [4.78, 5) is 0. The zero-order valence-corrected chi connectivity index (χ0v) is 10.3. The number of rotatable bonds is 6. The molecule has 14 heavy (non-hydrogen) atoms. The molecule has 0 fully saturated rings. The molecule has 0 spiro atoms. The van der Waals surface area contributed by atoms with E-state index in [0.717, 1.165) is 0 Å². The van der Waals surface area contributed by atoms with Crippen LogP contribution in [0.4, 0.5) is 0 Å². The van der Waals surface area contributed by atoms with Gasteiger partial charge in [-0.3, -0.25) is 0 Å². The fourth-order valence-electron chi connectivity index (χ4n) is 1.18. The number of nitrogens with two attached hydrogens (primary N) is 1. The molecule has 0 aromatic carbocycles. The Morgan fingerprint density at radius 3 is 2.14 bits per heavy atom. The second-order valence-electron chi connectivity index (χ2n) is 4.29. The summed E-state index contributed by atoms with van der Waals surface area (Å²) >= 11 is 0. The first kappa shape index (κ1) is 13.9. The Labute approximate surface area is 87.5 Å². The summed E-state index contributed by atoms with van der Waals surface area (Å²) < 4.78 is 24.8. The molecule has 0 aromatic heterocycles. The Balaban J connectivity index is 4.29. The lowest BCUT2D eigenvalue weighted by atomic mass is 10.2. The maximum Gasteiger partial charge on any atom is 0.214 e. The molecule has 0 bridgehead atoms. The summed E-state index contributed by atoms with van der Waals surface area (Å²) in [6.07, 6.45) is 0. The van der Waals surface area contributed by atoms with E-state index in [1.54, 1.807) is 7.05 Å². The van der Waals surface area contributed by atoms with Crippen LogP contribution in [0, 0.1) is 11.8 Å². The molecule has 0 radical (unpaired) electrons. The number of sulfonamides is 1. The summed E-state index contributed by atoms with van der Waals surface area (Å²) in [5, 5.41) is 0. The average molecular weight is 222 g/mol. The third-order valence-corrected chi connectivity index (χ3v) is 4.18. The zero-order chi connectivity index (χ0) is 11.4. The summed E-state index contributed by atoms with van der Waals surface area (Å²) in [5.41, 5.74) is 5.44. The molecule has 0 rings (SSSR count). The molecule has 2 N–H and O–H groups in total. The second-order valence-corrected chi connectivity index (χ2v) is 6.41. The molecule has 0 amide bonds. The lowest BCUT2D eigenvalue weighted by Crippen LogP contribution is -2.36. The lowest BCUT2D eigenvalue weighted by Gasteiger charge is -2.21. The molecule has 1 atom stereocenters. The first-order chi connectivity index (χ1) is 6.29. The molecule has 0 aliphatic rings. The minimum absolute atomic E-state index is 0.163. The number of nitrogens with zero attached hydrogens (tertiary/aromatic N) is 1. The molecular weight excluding hydrogens is 200 g/mol. The highest BCUT2D eigenvalue weighted by molar-refractivity contribution is 7.89. The number of hydrogen-bond donors (Lipinski definition) is 1. The van der Waals surface area contributed by atoms with Gasteiger partial charge in [-0.1, -0.05) is 20.8 Å². The minimum atomic E-state index is -3.09. The van der Waals surface area contributed by atoms with Gasteiger partial charge in [0.05, 0.1) is 5.75 Å². The van der Waals surface area contributed by atoms with E-state index in [1.165, 1.54) is 4.31 Å². The van der Waals surface area contributed by atoms with Gasteiger partial charge in [0.2, 0.25) is 10.0 Å². The van der Waals surface area contributed by atoms with E-state index in [9.17, 15) is 8.42 Å². The highest BCUT2D eigenvalue weighted by atomic mass is 32.2. The molecule has 0 aliphatic heterocycles. The molecule has 4 nitrogen and oxygen atoms in total. The van der Waals surface area contributed by atoms with Crippen molar-refractivity contribution in [2.75, 3.05) is 25.9 Å². The van der Waals surface area contributed by atoms with Crippen LogP contribution in [-0.2, 0) is 10.0 Å². The first-order valence-corrected chi connectivity index (χ1v) is 6.54. The Morgan fingerprint density at radius 1 is 1.29 bits per heavy atom. The van der Waals surface area contributed by atoms with Crippen LogP contribution in [0.1, 0.15) is 20.8 Å². The van der Waals surface area contributed by atoms with E-state index in [0.29, 0.717) is 13.1 Å². The summed E-state index contributed by atoms with van der Waals surface area (Å²) in [5.74, 6) is 0.582. The molecule has 86 valence electrons.